The van der Waals surface area contributed by atoms with Gasteiger partial charge in [0.15, 0.2) is 5.82 Å². The van der Waals surface area contributed by atoms with Crippen LogP contribution in [0.15, 0.2) is 36.8 Å². The third kappa shape index (κ3) is 5.83. The highest BCUT2D eigenvalue weighted by molar-refractivity contribution is 5.42. The molecule has 4 heterocycles. The van der Waals surface area contributed by atoms with E-state index in [-0.39, 0.29) is 23.2 Å². The van der Waals surface area contributed by atoms with Crippen LogP contribution in [0.1, 0.15) is 72.0 Å². The van der Waals surface area contributed by atoms with Gasteiger partial charge >= 0.3 is 0 Å². The number of hydrogen-bond donors (Lipinski definition) is 2. The Labute approximate surface area is 229 Å². The first-order chi connectivity index (χ1) is 18.0. The molecule has 38 heavy (non-hydrogen) atoms. The summed E-state index contributed by atoms with van der Waals surface area (Å²) in [5.74, 6) is 2.31. The van der Waals surface area contributed by atoms with Gasteiger partial charge in [-0.2, -0.15) is 15.0 Å². The highest BCUT2D eigenvalue weighted by Gasteiger charge is 2.42. The standard InChI is InChI=1S/C29H48N8O/c1-10-29(11-2,36(9)23-16-20(3)30-21(4)17-23)25-31-26(33-27(32-25)37-12-14-38-15-13-37)35(8)24-18-22(5)34-28(6,7)19-24/h23-24,30,34H,3-5,10-19H2,1-2,6-9H3. The van der Waals surface area contributed by atoms with Crippen molar-refractivity contribution in [1.29, 1.82) is 0 Å². The molecular formula is C29H48N8O. The van der Waals surface area contributed by atoms with Gasteiger partial charge in [-0.1, -0.05) is 33.6 Å². The van der Waals surface area contributed by atoms with Gasteiger partial charge in [0, 0.05) is 74.1 Å². The fraction of sp³-hybridized carbons (Fsp3) is 0.690. The summed E-state index contributed by atoms with van der Waals surface area (Å²) in [6.45, 7) is 24.5. The van der Waals surface area contributed by atoms with Gasteiger partial charge in [0.2, 0.25) is 11.9 Å². The molecule has 1 aromatic heterocycles. The Morgan fingerprint density at radius 3 is 2.13 bits per heavy atom. The average Bonchev–Trinajstić information content (AvgIpc) is 2.88. The summed E-state index contributed by atoms with van der Waals surface area (Å²) in [6, 6.07) is 0.521. The van der Waals surface area contributed by atoms with E-state index in [4.69, 9.17) is 19.7 Å². The number of piperidine rings is 2. The molecule has 9 heteroatoms. The van der Waals surface area contributed by atoms with Crippen LogP contribution in [-0.4, -0.2) is 77.9 Å². The Kier molecular flexibility index (Phi) is 8.37. The van der Waals surface area contributed by atoms with Crippen molar-refractivity contribution in [1.82, 2.24) is 30.5 Å². The number of morpholine rings is 1. The first-order valence-corrected chi connectivity index (χ1v) is 14.1. The fourth-order valence-electron chi connectivity index (χ4n) is 6.43. The number of rotatable bonds is 8. The lowest BCUT2D eigenvalue weighted by Crippen LogP contribution is -2.53. The maximum Gasteiger partial charge on any atom is 0.230 e. The second kappa shape index (κ2) is 11.2. The van der Waals surface area contributed by atoms with Crippen LogP contribution in [-0.2, 0) is 10.3 Å². The van der Waals surface area contributed by atoms with Gasteiger partial charge < -0.3 is 25.2 Å². The van der Waals surface area contributed by atoms with Crippen molar-refractivity contribution in [3.63, 3.8) is 0 Å². The van der Waals surface area contributed by atoms with Crippen molar-refractivity contribution < 1.29 is 4.74 Å². The van der Waals surface area contributed by atoms with Gasteiger partial charge in [-0.15, -0.1) is 0 Å². The predicted molar refractivity (Wildman–Crippen MR) is 155 cm³/mol. The van der Waals surface area contributed by atoms with Gasteiger partial charge in [0.1, 0.15) is 0 Å². The molecule has 210 valence electrons. The minimum Gasteiger partial charge on any atom is -0.384 e. The molecular weight excluding hydrogens is 476 g/mol. The van der Waals surface area contributed by atoms with E-state index in [2.05, 4.69) is 86.9 Å². The monoisotopic (exact) mass is 524 g/mol. The van der Waals surface area contributed by atoms with Gasteiger partial charge in [-0.05, 0) is 40.2 Å². The molecule has 0 bridgehead atoms. The zero-order valence-electron chi connectivity index (χ0n) is 24.4. The second-order valence-electron chi connectivity index (χ2n) is 11.9. The van der Waals surface area contributed by atoms with E-state index >= 15 is 0 Å². The Morgan fingerprint density at radius 1 is 0.947 bits per heavy atom. The van der Waals surface area contributed by atoms with E-state index in [1.807, 2.05) is 0 Å². The molecule has 3 saturated heterocycles. The van der Waals surface area contributed by atoms with Crippen molar-refractivity contribution >= 4 is 11.9 Å². The van der Waals surface area contributed by atoms with E-state index in [1.54, 1.807) is 0 Å². The van der Waals surface area contributed by atoms with E-state index in [0.29, 0.717) is 13.2 Å². The molecule has 2 N–H and O–H groups in total. The van der Waals surface area contributed by atoms with Crippen molar-refractivity contribution in [2.45, 2.75) is 89.4 Å². The molecule has 0 amide bonds. The zero-order valence-corrected chi connectivity index (χ0v) is 24.4. The molecule has 9 nitrogen and oxygen atoms in total. The summed E-state index contributed by atoms with van der Waals surface area (Å²) in [5, 5.41) is 6.86. The van der Waals surface area contributed by atoms with E-state index in [1.165, 1.54) is 0 Å². The van der Waals surface area contributed by atoms with E-state index < -0.39 is 0 Å². The largest absolute Gasteiger partial charge is 0.384 e. The molecule has 0 radical (unpaired) electrons. The highest BCUT2D eigenvalue weighted by atomic mass is 16.5. The maximum absolute atomic E-state index is 5.64. The molecule has 0 spiro atoms. The van der Waals surface area contributed by atoms with Crippen LogP contribution in [0.4, 0.5) is 11.9 Å². The molecule has 4 rings (SSSR count). The summed E-state index contributed by atoms with van der Waals surface area (Å²) in [7, 11) is 4.33. The minimum absolute atomic E-state index is 0.0339. The normalized spacial score (nSPS) is 22.9. The summed E-state index contributed by atoms with van der Waals surface area (Å²) in [5.41, 5.74) is 2.70. The predicted octanol–water partition coefficient (Wildman–Crippen LogP) is 3.92. The molecule has 1 aromatic rings. The third-order valence-electron chi connectivity index (χ3n) is 8.64. The van der Waals surface area contributed by atoms with Crippen molar-refractivity contribution in [3.8, 4) is 0 Å². The number of hydrogen-bond acceptors (Lipinski definition) is 9. The summed E-state index contributed by atoms with van der Waals surface area (Å²) in [4.78, 5) is 22.4. The smallest absolute Gasteiger partial charge is 0.230 e. The van der Waals surface area contributed by atoms with Crippen LogP contribution in [0.3, 0.4) is 0 Å². The number of nitrogens with zero attached hydrogens (tertiary/aromatic N) is 6. The topological polar surface area (TPSA) is 81.7 Å². The van der Waals surface area contributed by atoms with Crippen molar-refractivity contribution in [2.75, 3.05) is 50.2 Å². The first kappa shape index (κ1) is 28.4. The fourth-order valence-corrected chi connectivity index (χ4v) is 6.43. The zero-order chi connectivity index (χ0) is 27.7. The van der Waals surface area contributed by atoms with Gasteiger partial charge in [0.05, 0.1) is 18.8 Å². The van der Waals surface area contributed by atoms with Crippen LogP contribution in [0.25, 0.3) is 0 Å². The average molecular weight is 525 g/mol. The quantitative estimate of drug-likeness (QED) is 0.526. The minimum atomic E-state index is -0.348. The third-order valence-corrected chi connectivity index (χ3v) is 8.64. The lowest BCUT2D eigenvalue weighted by atomic mass is 9.86. The van der Waals surface area contributed by atoms with E-state index in [9.17, 15) is 0 Å². The second-order valence-corrected chi connectivity index (χ2v) is 11.9. The Balaban J connectivity index is 1.77. The van der Waals surface area contributed by atoms with Gasteiger partial charge in [-0.25, -0.2) is 0 Å². The molecule has 3 aliphatic heterocycles. The summed E-state index contributed by atoms with van der Waals surface area (Å²) in [6.07, 6.45) is 5.35. The highest BCUT2D eigenvalue weighted by Crippen LogP contribution is 2.39. The summed E-state index contributed by atoms with van der Waals surface area (Å²) < 4.78 is 5.64. The van der Waals surface area contributed by atoms with Crippen molar-refractivity contribution in [3.05, 3.63) is 42.7 Å². The molecule has 0 aromatic carbocycles. The van der Waals surface area contributed by atoms with Crippen LogP contribution in [0.5, 0.6) is 0 Å². The number of ether oxygens (including phenoxy) is 1. The van der Waals surface area contributed by atoms with E-state index in [0.717, 1.165) is 86.4 Å². The van der Waals surface area contributed by atoms with Crippen molar-refractivity contribution in [2.24, 2.45) is 0 Å². The SMILES string of the molecule is C=C1CC(N(C)C(CC)(CC)c2nc(N3CCOCC3)nc(N(C)C3CC(=C)NC(C)(C)C3)n2)CC(=C)N1. The maximum atomic E-state index is 5.64. The van der Waals surface area contributed by atoms with Crippen LogP contribution < -0.4 is 20.4 Å². The summed E-state index contributed by atoms with van der Waals surface area (Å²) >= 11 is 0. The molecule has 0 aliphatic carbocycles. The number of anilines is 2. The molecule has 1 atom stereocenters. The first-order valence-electron chi connectivity index (χ1n) is 14.1. The molecule has 3 fully saturated rings. The van der Waals surface area contributed by atoms with Crippen LogP contribution in [0, 0.1) is 0 Å². The lowest BCUT2D eigenvalue weighted by Gasteiger charge is -2.46. The molecule has 0 saturated carbocycles. The lowest BCUT2D eigenvalue weighted by molar-refractivity contribution is 0.0467. The van der Waals surface area contributed by atoms with Gasteiger partial charge in [-0.3, -0.25) is 4.90 Å². The van der Waals surface area contributed by atoms with Crippen LogP contribution in [0.2, 0.25) is 0 Å². The van der Waals surface area contributed by atoms with Crippen LogP contribution >= 0.6 is 0 Å². The number of nitrogens with one attached hydrogen (secondary N) is 2. The Morgan fingerprint density at radius 2 is 1.55 bits per heavy atom. The molecule has 1 unspecified atom stereocenters. The number of aromatic nitrogens is 3. The molecule has 3 aliphatic rings. The Hall–Kier alpha value is -2.65. The van der Waals surface area contributed by atoms with Gasteiger partial charge in [0.25, 0.3) is 0 Å². The Bertz CT molecular complexity index is 1030.